The number of hydrogen-bond donors (Lipinski definition) is 1. The summed E-state index contributed by atoms with van der Waals surface area (Å²) in [6.07, 6.45) is 0. The first-order chi connectivity index (χ1) is 6.77. The van der Waals surface area contributed by atoms with Crippen LogP contribution in [0.25, 0.3) is 0 Å². The monoisotopic (exact) mass is 209 g/mol. The lowest BCUT2D eigenvalue weighted by Gasteiger charge is -2.13. The van der Waals surface area contributed by atoms with Crippen LogP contribution in [0.2, 0.25) is 0 Å². The van der Waals surface area contributed by atoms with Crippen LogP contribution < -0.4 is 5.32 Å². The SMILES string of the molecule is CC(C)=C(C)C(C)=C(C)NC(=O)C(C)C. The number of amides is 1. The van der Waals surface area contributed by atoms with Gasteiger partial charge >= 0.3 is 0 Å². The molecule has 15 heavy (non-hydrogen) atoms. The van der Waals surface area contributed by atoms with E-state index in [2.05, 4.69) is 26.1 Å². The van der Waals surface area contributed by atoms with Gasteiger partial charge in [-0.1, -0.05) is 19.4 Å². The van der Waals surface area contributed by atoms with Crippen LogP contribution in [0.1, 0.15) is 48.5 Å². The van der Waals surface area contributed by atoms with Gasteiger partial charge in [-0.15, -0.1) is 0 Å². The molecule has 1 amide bonds. The first-order valence-corrected chi connectivity index (χ1v) is 5.40. The molecule has 0 radical (unpaired) electrons. The summed E-state index contributed by atoms with van der Waals surface area (Å²) in [5.41, 5.74) is 4.64. The van der Waals surface area contributed by atoms with Crippen molar-refractivity contribution in [2.45, 2.75) is 48.5 Å². The van der Waals surface area contributed by atoms with Gasteiger partial charge in [-0.2, -0.15) is 0 Å². The van der Waals surface area contributed by atoms with Crippen molar-refractivity contribution in [2.75, 3.05) is 0 Å². The molecule has 0 aromatic heterocycles. The van der Waals surface area contributed by atoms with Crippen molar-refractivity contribution in [1.82, 2.24) is 5.32 Å². The molecule has 0 saturated carbocycles. The second kappa shape index (κ2) is 5.74. The van der Waals surface area contributed by atoms with E-state index in [9.17, 15) is 4.79 Å². The highest BCUT2D eigenvalue weighted by molar-refractivity contribution is 5.79. The van der Waals surface area contributed by atoms with Gasteiger partial charge in [-0.25, -0.2) is 0 Å². The van der Waals surface area contributed by atoms with Crippen molar-refractivity contribution in [3.05, 3.63) is 22.4 Å². The summed E-state index contributed by atoms with van der Waals surface area (Å²) in [5, 5.41) is 2.92. The second-order valence-electron chi connectivity index (χ2n) is 4.52. The smallest absolute Gasteiger partial charge is 0.226 e. The fourth-order valence-electron chi connectivity index (χ4n) is 1.08. The summed E-state index contributed by atoms with van der Waals surface area (Å²) >= 11 is 0. The summed E-state index contributed by atoms with van der Waals surface area (Å²) in [5.74, 6) is 0.105. The minimum absolute atomic E-state index is 0.0276. The van der Waals surface area contributed by atoms with Gasteiger partial charge in [-0.05, 0) is 45.8 Å². The van der Waals surface area contributed by atoms with Crippen molar-refractivity contribution >= 4 is 5.91 Å². The largest absolute Gasteiger partial charge is 0.330 e. The molecule has 0 spiro atoms. The molecule has 0 bridgehead atoms. The Hall–Kier alpha value is -1.05. The molecular weight excluding hydrogens is 186 g/mol. The third-order valence-electron chi connectivity index (χ3n) is 2.71. The van der Waals surface area contributed by atoms with Crippen molar-refractivity contribution in [3.8, 4) is 0 Å². The minimum Gasteiger partial charge on any atom is -0.330 e. The summed E-state index contributed by atoms with van der Waals surface area (Å²) in [4.78, 5) is 11.5. The van der Waals surface area contributed by atoms with Gasteiger partial charge in [0.2, 0.25) is 5.91 Å². The maximum atomic E-state index is 11.5. The molecule has 0 aliphatic rings. The molecule has 1 N–H and O–H groups in total. The predicted molar refractivity (Wildman–Crippen MR) is 65.4 cm³/mol. The zero-order valence-corrected chi connectivity index (χ0v) is 11.0. The lowest BCUT2D eigenvalue weighted by molar-refractivity contribution is -0.123. The van der Waals surface area contributed by atoms with E-state index in [-0.39, 0.29) is 11.8 Å². The number of carbonyl (C=O) groups excluding carboxylic acids is 1. The average molecular weight is 209 g/mol. The Kier molecular flexibility index (Phi) is 5.34. The van der Waals surface area contributed by atoms with E-state index in [0.717, 1.165) is 11.3 Å². The van der Waals surface area contributed by atoms with Crippen LogP contribution in [0.15, 0.2) is 22.4 Å². The summed E-state index contributed by atoms with van der Waals surface area (Å²) in [6.45, 7) is 14.0. The molecule has 0 heterocycles. The Balaban J connectivity index is 4.83. The fourth-order valence-corrected chi connectivity index (χ4v) is 1.08. The first kappa shape index (κ1) is 13.9. The van der Waals surface area contributed by atoms with Gasteiger partial charge in [0.1, 0.15) is 0 Å². The molecule has 0 aromatic rings. The van der Waals surface area contributed by atoms with Gasteiger partial charge in [0.15, 0.2) is 0 Å². The third-order valence-corrected chi connectivity index (χ3v) is 2.71. The predicted octanol–water partition coefficient (Wildman–Crippen LogP) is 3.41. The molecule has 0 rings (SSSR count). The minimum atomic E-state index is 0.0276. The Morgan fingerprint density at radius 2 is 1.40 bits per heavy atom. The van der Waals surface area contributed by atoms with E-state index in [0.29, 0.717) is 0 Å². The Labute approximate surface area is 93.5 Å². The fraction of sp³-hybridized carbons (Fsp3) is 0.615. The van der Waals surface area contributed by atoms with E-state index < -0.39 is 0 Å². The maximum Gasteiger partial charge on any atom is 0.226 e. The number of rotatable bonds is 3. The molecule has 0 unspecified atom stereocenters. The quantitative estimate of drug-likeness (QED) is 0.709. The number of hydrogen-bond acceptors (Lipinski definition) is 1. The van der Waals surface area contributed by atoms with Crippen LogP contribution >= 0.6 is 0 Å². The van der Waals surface area contributed by atoms with E-state index in [4.69, 9.17) is 0 Å². The standard InChI is InChI=1S/C13H23NO/c1-8(2)10(5)11(6)12(7)14-13(15)9(3)4/h9H,1-7H3,(H,14,15). The first-order valence-electron chi connectivity index (χ1n) is 5.40. The molecule has 0 aliphatic carbocycles. The summed E-state index contributed by atoms with van der Waals surface area (Å²) in [7, 11) is 0. The van der Waals surface area contributed by atoms with Gasteiger partial charge < -0.3 is 5.32 Å². The van der Waals surface area contributed by atoms with Gasteiger partial charge in [0, 0.05) is 11.6 Å². The van der Waals surface area contributed by atoms with E-state index in [1.807, 2.05) is 27.7 Å². The molecule has 2 heteroatoms. The van der Waals surface area contributed by atoms with Crippen LogP contribution in [0, 0.1) is 5.92 Å². The molecular formula is C13H23NO. The molecule has 0 saturated heterocycles. The Morgan fingerprint density at radius 1 is 0.933 bits per heavy atom. The number of carbonyl (C=O) groups is 1. The summed E-state index contributed by atoms with van der Waals surface area (Å²) < 4.78 is 0. The van der Waals surface area contributed by atoms with Crippen molar-refractivity contribution < 1.29 is 4.79 Å². The maximum absolute atomic E-state index is 11.5. The number of nitrogens with one attached hydrogen (secondary N) is 1. The molecule has 86 valence electrons. The highest BCUT2D eigenvalue weighted by Crippen LogP contribution is 2.16. The highest BCUT2D eigenvalue weighted by atomic mass is 16.1. The molecule has 0 atom stereocenters. The van der Waals surface area contributed by atoms with Crippen LogP contribution in [-0.4, -0.2) is 5.91 Å². The zero-order valence-electron chi connectivity index (χ0n) is 11.0. The zero-order chi connectivity index (χ0) is 12.2. The van der Waals surface area contributed by atoms with Crippen LogP contribution in [0.3, 0.4) is 0 Å². The molecule has 0 aromatic carbocycles. The van der Waals surface area contributed by atoms with Gasteiger partial charge in [0.25, 0.3) is 0 Å². The van der Waals surface area contributed by atoms with Gasteiger partial charge in [0.05, 0.1) is 0 Å². The van der Waals surface area contributed by atoms with Crippen molar-refractivity contribution in [1.29, 1.82) is 0 Å². The summed E-state index contributed by atoms with van der Waals surface area (Å²) in [6, 6.07) is 0. The van der Waals surface area contributed by atoms with E-state index in [1.165, 1.54) is 11.1 Å². The topological polar surface area (TPSA) is 29.1 Å². The molecule has 0 aliphatic heterocycles. The lowest BCUT2D eigenvalue weighted by Crippen LogP contribution is -2.26. The van der Waals surface area contributed by atoms with Crippen LogP contribution in [-0.2, 0) is 4.79 Å². The Bertz CT molecular complexity index is 304. The van der Waals surface area contributed by atoms with Crippen molar-refractivity contribution in [2.24, 2.45) is 5.92 Å². The average Bonchev–Trinajstić information content (AvgIpc) is 2.14. The Morgan fingerprint density at radius 3 is 1.73 bits per heavy atom. The van der Waals surface area contributed by atoms with E-state index >= 15 is 0 Å². The second-order valence-corrected chi connectivity index (χ2v) is 4.52. The molecule has 0 fully saturated rings. The highest BCUT2D eigenvalue weighted by Gasteiger charge is 2.08. The van der Waals surface area contributed by atoms with Crippen molar-refractivity contribution in [3.63, 3.8) is 0 Å². The van der Waals surface area contributed by atoms with Crippen LogP contribution in [0.5, 0.6) is 0 Å². The van der Waals surface area contributed by atoms with Gasteiger partial charge in [-0.3, -0.25) is 4.79 Å². The third kappa shape index (κ3) is 4.32. The number of allylic oxidation sites excluding steroid dienone is 4. The normalized spacial score (nSPS) is 12.3. The lowest BCUT2D eigenvalue weighted by atomic mass is 10.0. The molecule has 2 nitrogen and oxygen atoms in total. The van der Waals surface area contributed by atoms with Crippen LogP contribution in [0.4, 0.5) is 0 Å². The van der Waals surface area contributed by atoms with E-state index in [1.54, 1.807) is 0 Å².